The summed E-state index contributed by atoms with van der Waals surface area (Å²) in [5.74, 6) is 0.176. The molecular weight excluding hydrogens is 312 g/mol. The van der Waals surface area contributed by atoms with Gasteiger partial charge in [-0.2, -0.15) is 0 Å². The summed E-state index contributed by atoms with van der Waals surface area (Å²) in [4.78, 5) is 22.6. The van der Waals surface area contributed by atoms with Gasteiger partial charge in [-0.25, -0.2) is 4.79 Å². The highest BCUT2D eigenvalue weighted by Gasteiger charge is 2.16. The smallest absolute Gasteiger partial charge is 0.371 e. The van der Waals surface area contributed by atoms with Crippen LogP contribution in [-0.4, -0.2) is 38.3 Å². The van der Waals surface area contributed by atoms with Crippen LogP contribution >= 0.6 is 0 Å². The van der Waals surface area contributed by atoms with E-state index in [0.717, 1.165) is 50.3 Å². The molecule has 2 aromatic rings. The molecule has 8 heteroatoms. The number of fused-ring (bicyclic) bond motifs is 1. The van der Waals surface area contributed by atoms with Crippen LogP contribution in [0.5, 0.6) is 0 Å². The second-order valence-corrected chi connectivity index (χ2v) is 5.82. The first-order valence-electron chi connectivity index (χ1n) is 8.17. The molecule has 0 fully saturated rings. The third kappa shape index (κ3) is 3.64. The maximum absolute atomic E-state index is 11.9. The number of nitrogens with one attached hydrogen (secondary N) is 1. The zero-order chi connectivity index (χ0) is 16.9. The summed E-state index contributed by atoms with van der Waals surface area (Å²) in [6.07, 6.45) is 5.99. The Hall–Kier alpha value is -2.64. The van der Waals surface area contributed by atoms with Gasteiger partial charge in [0.25, 0.3) is 5.91 Å². The molecule has 3 heterocycles. The molecule has 0 aromatic carbocycles. The predicted octanol–water partition coefficient (Wildman–Crippen LogP) is 1.66. The van der Waals surface area contributed by atoms with Crippen LogP contribution < -0.4 is 5.32 Å². The van der Waals surface area contributed by atoms with E-state index in [-0.39, 0.29) is 11.5 Å². The normalized spacial score (nSPS) is 14.0. The summed E-state index contributed by atoms with van der Waals surface area (Å²) in [7, 11) is 0. The van der Waals surface area contributed by atoms with E-state index in [9.17, 15) is 9.59 Å². The van der Waals surface area contributed by atoms with E-state index in [4.69, 9.17) is 9.52 Å². The van der Waals surface area contributed by atoms with E-state index in [1.807, 2.05) is 0 Å². The van der Waals surface area contributed by atoms with Crippen LogP contribution in [0.3, 0.4) is 0 Å². The van der Waals surface area contributed by atoms with E-state index in [0.29, 0.717) is 6.54 Å². The summed E-state index contributed by atoms with van der Waals surface area (Å²) in [5, 5.41) is 20.0. The summed E-state index contributed by atoms with van der Waals surface area (Å²) in [5.41, 5.74) is 0. The first kappa shape index (κ1) is 16.2. The molecule has 0 unspecified atom stereocenters. The van der Waals surface area contributed by atoms with Gasteiger partial charge in [-0.3, -0.25) is 4.79 Å². The molecule has 0 saturated carbocycles. The molecule has 0 atom stereocenters. The average Bonchev–Trinajstić information content (AvgIpc) is 3.14. The van der Waals surface area contributed by atoms with Crippen LogP contribution in [0.15, 0.2) is 16.5 Å². The Bertz CT molecular complexity index is 734. The second kappa shape index (κ2) is 7.29. The maximum atomic E-state index is 11.9. The van der Waals surface area contributed by atoms with Crippen molar-refractivity contribution in [3.05, 3.63) is 35.3 Å². The minimum absolute atomic E-state index is 0.00347. The van der Waals surface area contributed by atoms with Gasteiger partial charge < -0.3 is 19.4 Å². The number of aromatic carboxylic acids is 1. The van der Waals surface area contributed by atoms with E-state index >= 15 is 0 Å². The molecule has 1 amide bonds. The van der Waals surface area contributed by atoms with Crippen LogP contribution in [-0.2, 0) is 19.4 Å². The monoisotopic (exact) mass is 332 g/mol. The minimum atomic E-state index is -1.19. The number of nitrogens with zero attached hydrogens (tertiary/aromatic N) is 3. The fourth-order valence-corrected chi connectivity index (χ4v) is 2.84. The number of aromatic nitrogens is 3. The van der Waals surface area contributed by atoms with Crippen molar-refractivity contribution >= 4 is 11.9 Å². The van der Waals surface area contributed by atoms with Crippen molar-refractivity contribution in [1.82, 2.24) is 20.1 Å². The molecule has 24 heavy (non-hydrogen) atoms. The number of rotatable bonds is 6. The molecule has 0 spiro atoms. The third-order valence-electron chi connectivity index (χ3n) is 4.09. The summed E-state index contributed by atoms with van der Waals surface area (Å²) in [6.45, 7) is 1.43. The van der Waals surface area contributed by atoms with Gasteiger partial charge in [0.2, 0.25) is 5.76 Å². The number of hydrogen-bond acceptors (Lipinski definition) is 5. The molecule has 2 N–H and O–H groups in total. The van der Waals surface area contributed by atoms with Crippen LogP contribution in [0.2, 0.25) is 0 Å². The van der Waals surface area contributed by atoms with E-state index in [2.05, 4.69) is 20.1 Å². The van der Waals surface area contributed by atoms with Gasteiger partial charge in [0.1, 0.15) is 11.6 Å². The summed E-state index contributed by atoms with van der Waals surface area (Å²) < 4.78 is 7.15. The molecule has 8 nitrogen and oxygen atoms in total. The third-order valence-corrected chi connectivity index (χ3v) is 4.09. The number of carboxylic acid groups (broad SMARTS) is 1. The fraction of sp³-hybridized carbons (Fsp3) is 0.500. The molecular formula is C16H20N4O4. The molecule has 0 saturated heterocycles. The number of aryl methyl sites for hydroxylation is 2. The molecule has 1 aliphatic heterocycles. The van der Waals surface area contributed by atoms with Gasteiger partial charge in [-0.05, 0) is 31.4 Å². The highest BCUT2D eigenvalue weighted by Crippen LogP contribution is 2.15. The Kier molecular flexibility index (Phi) is 4.93. The zero-order valence-corrected chi connectivity index (χ0v) is 13.3. The number of carbonyl (C=O) groups is 2. The van der Waals surface area contributed by atoms with Gasteiger partial charge >= 0.3 is 5.97 Å². The highest BCUT2D eigenvalue weighted by molar-refractivity contribution is 5.93. The topological polar surface area (TPSA) is 110 Å². The van der Waals surface area contributed by atoms with Crippen molar-refractivity contribution in [2.24, 2.45) is 0 Å². The Morgan fingerprint density at radius 1 is 1.21 bits per heavy atom. The SMILES string of the molecule is O=C(O)c1ccc(C(=O)NCCCc2nnc3n2CCCCC3)o1. The molecule has 0 aliphatic carbocycles. The standard InChI is InChI=1S/C16H20N4O4/c21-15(11-7-8-12(24-11)16(22)23)17-9-4-6-14-19-18-13-5-2-1-3-10-20(13)14/h7-8H,1-6,9-10H2,(H,17,21)(H,22,23). The zero-order valence-electron chi connectivity index (χ0n) is 13.3. The van der Waals surface area contributed by atoms with Gasteiger partial charge in [0, 0.05) is 25.9 Å². The van der Waals surface area contributed by atoms with Gasteiger partial charge in [-0.15, -0.1) is 10.2 Å². The number of carboxylic acids is 1. The predicted molar refractivity (Wildman–Crippen MR) is 83.9 cm³/mol. The number of amides is 1. The van der Waals surface area contributed by atoms with Crippen molar-refractivity contribution in [3.8, 4) is 0 Å². The van der Waals surface area contributed by atoms with Gasteiger partial charge in [0.05, 0.1) is 0 Å². The number of furan rings is 1. The molecule has 0 radical (unpaired) electrons. The first-order chi connectivity index (χ1) is 11.6. The largest absolute Gasteiger partial charge is 0.475 e. The van der Waals surface area contributed by atoms with E-state index in [1.54, 1.807) is 0 Å². The van der Waals surface area contributed by atoms with Gasteiger partial charge in [0.15, 0.2) is 5.76 Å². The fourth-order valence-electron chi connectivity index (χ4n) is 2.84. The minimum Gasteiger partial charge on any atom is -0.475 e. The van der Waals surface area contributed by atoms with Crippen molar-refractivity contribution in [3.63, 3.8) is 0 Å². The summed E-state index contributed by atoms with van der Waals surface area (Å²) >= 11 is 0. The molecule has 2 aromatic heterocycles. The van der Waals surface area contributed by atoms with Crippen LogP contribution in [0, 0.1) is 0 Å². The Morgan fingerprint density at radius 2 is 2.04 bits per heavy atom. The lowest BCUT2D eigenvalue weighted by Crippen LogP contribution is -2.24. The van der Waals surface area contributed by atoms with E-state index < -0.39 is 11.9 Å². The lowest BCUT2D eigenvalue weighted by Gasteiger charge is -2.07. The van der Waals surface area contributed by atoms with Crippen LogP contribution in [0.4, 0.5) is 0 Å². The molecule has 1 aliphatic rings. The second-order valence-electron chi connectivity index (χ2n) is 5.82. The van der Waals surface area contributed by atoms with Crippen molar-refractivity contribution in [1.29, 1.82) is 0 Å². The first-order valence-corrected chi connectivity index (χ1v) is 8.17. The maximum Gasteiger partial charge on any atom is 0.371 e. The lowest BCUT2D eigenvalue weighted by molar-refractivity contribution is 0.0659. The highest BCUT2D eigenvalue weighted by atomic mass is 16.4. The van der Waals surface area contributed by atoms with E-state index in [1.165, 1.54) is 18.6 Å². The van der Waals surface area contributed by atoms with Crippen LogP contribution in [0.25, 0.3) is 0 Å². The lowest BCUT2D eigenvalue weighted by atomic mass is 10.2. The quantitative estimate of drug-likeness (QED) is 0.778. The Balaban J connectivity index is 1.47. The summed E-state index contributed by atoms with van der Waals surface area (Å²) in [6, 6.07) is 2.62. The van der Waals surface area contributed by atoms with Crippen LogP contribution in [0.1, 0.15) is 58.4 Å². The average molecular weight is 332 g/mol. The molecule has 3 rings (SSSR count). The molecule has 128 valence electrons. The van der Waals surface area contributed by atoms with Gasteiger partial charge in [-0.1, -0.05) is 6.42 Å². The van der Waals surface area contributed by atoms with Crippen molar-refractivity contribution < 1.29 is 19.1 Å². The molecule has 0 bridgehead atoms. The Labute approximate surface area is 138 Å². The Morgan fingerprint density at radius 3 is 2.83 bits per heavy atom. The van der Waals surface area contributed by atoms with Crippen molar-refractivity contribution in [2.45, 2.75) is 45.1 Å². The van der Waals surface area contributed by atoms with Crippen molar-refractivity contribution in [2.75, 3.05) is 6.54 Å². The number of carbonyl (C=O) groups excluding carboxylic acids is 1. The number of hydrogen-bond donors (Lipinski definition) is 2.